The molecule has 3 rings (SSSR count). The van der Waals surface area contributed by atoms with Crippen molar-refractivity contribution in [3.8, 4) is 0 Å². The van der Waals surface area contributed by atoms with Gasteiger partial charge in [-0.1, -0.05) is 0 Å². The molecule has 0 saturated carbocycles. The van der Waals surface area contributed by atoms with Gasteiger partial charge in [-0.3, -0.25) is 14.5 Å². The third kappa shape index (κ3) is 3.66. The fourth-order valence-electron chi connectivity index (χ4n) is 3.07. The summed E-state index contributed by atoms with van der Waals surface area (Å²) in [5.41, 5.74) is 3.38. The van der Waals surface area contributed by atoms with Gasteiger partial charge in [0.25, 0.3) is 5.91 Å². The van der Waals surface area contributed by atoms with E-state index < -0.39 is 0 Å². The lowest BCUT2D eigenvalue weighted by Gasteiger charge is -2.33. The Bertz CT molecular complexity index is 756. The zero-order valence-electron chi connectivity index (χ0n) is 15.2. The Balaban J connectivity index is 1.80. The second-order valence-corrected chi connectivity index (χ2v) is 6.54. The Labute approximate surface area is 148 Å². The Morgan fingerprint density at radius 3 is 2.92 bits per heavy atom. The number of anilines is 1. The molecule has 7 nitrogen and oxygen atoms in total. The first-order chi connectivity index (χ1) is 12.0. The molecule has 0 unspecified atom stereocenters. The van der Waals surface area contributed by atoms with E-state index in [1.165, 1.54) is 0 Å². The van der Waals surface area contributed by atoms with Gasteiger partial charge in [-0.15, -0.1) is 0 Å². The van der Waals surface area contributed by atoms with Gasteiger partial charge in [-0.2, -0.15) is 5.10 Å². The molecule has 134 valence electrons. The van der Waals surface area contributed by atoms with Crippen molar-refractivity contribution >= 4 is 11.6 Å². The van der Waals surface area contributed by atoms with Crippen molar-refractivity contribution in [1.29, 1.82) is 0 Å². The fraction of sp³-hybridized carbons (Fsp3) is 0.500. The summed E-state index contributed by atoms with van der Waals surface area (Å²) in [5.74, 6) is -0.0130. The lowest BCUT2D eigenvalue weighted by molar-refractivity contribution is -0.0251. The van der Waals surface area contributed by atoms with Crippen molar-refractivity contribution in [2.45, 2.75) is 32.9 Å². The van der Waals surface area contributed by atoms with Crippen LogP contribution in [0.3, 0.4) is 0 Å². The van der Waals surface area contributed by atoms with Crippen molar-refractivity contribution in [2.24, 2.45) is 0 Å². The van der Waals surface area contributed by atoms with Crippen molar-refractivity contribution in [3.05, 3.63) is 41.5 Å². The first-order valence-corrected chi connectivity index (χ1v) is 8.60. The lowest BCUT2D eigenvalue weighted by Crippen LogP contribution is -2.43. The molecule has 0 aliphatic carbocycles. The van der Waals surface area contributed by atoms with Gasteiger partial charge in [0.05, 0.1) is 18.8 Å². The Morgan fingerprint density at radius 1 is 1.40 bits per heavy atom. The van der Waals surface area contributed by atoms with Crippen LogP contribution in [-0.2, 0) is 4.74 Å². The molecule has 1 saturated heterocycles. The molecule has 0 spiro atoms. The molecule has 25 heavy (non-hydrogen) atoms. The summed E-state index contributed by atoms with van der Waals surface area (Å²) in [6.07, 6.45) is 1.45. The summed E-state index contributed by atoms with van der Waals surface area (Å²) >= 11 is 0. The highest BCUT2D eigenvalue weighted by Crippen LogP contribution is 2.25. The maximum absolute atomic E-state index is 12.9. The maximum atomic E-state index is 12.9. The van der Waals surface area contributed by atoms with E-state index in [0.29, 0.717) is 25.4 Å². The van der Waals surface area contributed by atoms with Crippen LogP contribution in [0.15, 0.2) is 24.4 Å². The Morgan fingerprint density at radius 2 is 2.20 bits per heavy atom. The highest BCUT2D eigenvalue weighted by molar-refractivity contribution is 5.92. The van der Waals surface area contributed by atoms with E-state index in [1.807, 2.05) is 44.9 Å². The SMILES string of the molecule is CNc1cc(C)nc([C@H]2CN(C(=O)c3ccnn3C(C)C)CCO2)c1. The zero-order valence-corrected chi connectivity index (χ0v) is 15.2. The molecule has 1 atom stereocenters. The van der Waals surface area contributed by atoms with Gasteiger partial charge in [0.15, 0.2) is 0 Å². The molecule has 0 bridgehead atoms. The highest BCUT2D eigenvalue weighted by atomic mass is 16.5. The van der Waals surface area contributed by atoms with Gasteiger partial charge in [-0.05, 0) is 39.0 Å². The van der Waals surface area contributed by atoms with Crippen molar-refractivity contribution < 1.29 is 9.53 Å². The molecule has 3 heterocycles. The third-order valence-corrected chi connectivity index (χ3v) is 4.32. The number of aromatic nitrogens is 3. The summed E-state index contributed by atoms with van der Waals surface area (Å²) < 4.78 is 7.65. The van der Waals surface area contributed by atoms with Crippen molar-refractivity contribution in [3.63, 3.8) is 0 Å². The molecule has 7 heteroatoms. The fourth-order valence-corrected chi connectivity index (χ4v) is 3.07. The van der Waals surface area contributed by atoms with E-state index in [4.69, 9.17) is 4.74 Å². The molecule has 0 aromatic carbocycles. The molecule has 0 radical (unpaired) electrons. The largest absolute Gasteiger partial charge is 0.388 e. The van der Waals surface area contributed by atoms with E-state index in [2.05, 4.69) is 15.4 Å². The molecule has 1 fully saturated rings. The van der Waals surface area contributed by atoms with Crippen LogP contribution < -0.4 is 5.32 Å². The molecule has 1 N–H and O–H groups in total. The first-order valence-electron chi connectivity index (χ1n) is 8.60. The summed E-state index contributed by atoms with van der Waals surface area (Å²) in [7, 11) is 1.88. The molecule has 2 aromatic heterocycles. The van der Waals surface area contributed by atoms with Gasteiger partial charge in [-0.25, -0.2) is 0 Å². The van der Waals surface area contributed by atoms with Crippen LogP contribution in [0.25, 0.3) is 0 Å². The van der Waals surface area contributed by atoms with Gasteiger partial charge in [0.2, 0.25) is 0 Å². The number of amides is 1. The predicted molar refractivity (Wildman–Crippen MR) is 95.7 cm³/mol. The Kier molecular flexibility index (Phi) is 5.03. The Hall–Kier alpha value is -2.41. The average molecular weight is 343 g/mol. The van der Waals surface area contributed by atoms with Gasteiger partial charge in [0.1, 0.15) is 11.8 Å². The molecule has 1 aliphatic heterocycles. The summed E-state index contributed by atoms with van der Waals surface area (Å²) in [4.78, 5) is 19.3. The van der Waals surface area contributed by atoms with Crippen molar-refractivity contribution in [2.75, 3.05) is 32.1 Å². The van der Waals surface area contributed by atoms with E-state index in [0.717, 1.165) is 17.1 Å². The van der Waals surface area contributed by atoms with Crippen LogP contribution in [0.4, 0.5) is 5.69 Å². The molecule has 2 aromatic rings. The maximum Gasteiger partial charge on any atom is 0.272 e. The number of hydrogen-bond donors (Lipinski definition) is 1. The second kappa shape index (κ2) is 7.23. The monoisotopic (exact) mass is 343 g/mol. The van der Waals surface area contributed by atoms with Crippen LogP contribution in [0.5, 0.6) is 0 Å². The van der Waals surface area contributed by atoms with Crippen LogP contribution in [0.1, 0.15) is 47.9 Å². The number of carbonyl (C=O) groups is 1. The normalized spacial score (nSPS) is 17.8. The minimum Gasteiger partial charge on any atom is -0.388 e. The van der Waals surface area contributed by atoms with Gasteiger partial charge >= 0.3 is 0 Å². The van der Waals surface area contributed by atoms with Crippen LogP contribution in [-0.4, -0.2) is 52.3 Å². The van der Waals surface area contributed by atoms with E-state index in [-0.39, 0.29) is 18.1 Å². The summed E-state index contributed by atoms with van der Waals surface area (Å²) in [5, 5.41) is 7.40. The summed E-state index contributed by atoms with van der Waals surface area (Å²) in [6.45, 7) is 7.54. The quantitative estimate of drug-likeness (QED) is 0.923. The highest BCUT2D eigenvalue weighted by Gasteiger charge is 2.29. The smallest absolute Gasteiger partial charge is 0.272 e. The van der Waals surface area contributed by atoms with E-state index in [9.17, 15) is 4.79 Å². The minimum atomic E-state index is -0.222. The molecular weight excluding hydrogens is 318 g/mol. The van der Waals surface area contributed by atoms with Gasteiger partial charge in [0, 0.05) is 37.2 Å². The van der Waals surface area contributed by atoms with E-state index >= 15 is 0 Å². The molecular formula is C18H25N5O2. The number of nitrogens with one attached hydrogen (secondary N) is 1. The zero-order chi connectivity index (χ0) is 18.0. The minimum absolute atomic E-state index is 0.0130. The topological polar surface area (TPSA) is 72.3 Å². The standard InChI is InChI=1S/C18H25N5O2/c1-12(2)23-16(5-6-20-23)18(24)22-7-8-25-17(11-22)15-10-14(19-4)9-13(3)21-15/h5-6,9-10,12,17H,7-8,11H2,1-4H3,(H,19,21)/t17-/m1/s1. The third-order valence-electron chi connectivity index (χ3n) is 4.32. The first kappa shape index (κ1) is 17.4. The van der Waals surface area contributed by atoms with Crippen LogP contribution in [0, 0.1) is 6.92 Å². The lowest BCUT2D eigenvalue weighted by atomic mass is 10.1. The number of aryl methyl sites for hydroxylation is 1. The number of ether oxygens (including phenoxy) is 1. The van der Waals surface area contributed by atoms with Gasteiger partial charge < -0.3 is 15.0 Å². The summed E-state index contributed by atoms with van der Waals surface area (Å²) in [6, 6.07) is 5.87. The number of rotatable bonds is 4. The number of nitrogens with zero attached hydrogens (tertiary/aromatic N) is 4. The second-order valence-electron chi connectivity index (χ2n) is 6.54. The van der Waals surface area contributed by atoms with E-state index in [1.54, 1.807) is 16.9 Å². The number of hydrogen-bond acceptors (Lipinski definition) is 5. The molecule has 1 amide bonds. The average Bonchev–Trinajstić information content (AvgIpc) is 3.10. The molecule has 1 aliphatic rings. The van der Waals surface area contributed by atoms with Crippen LogP contribution >= 0.6 is 0 Å². The number of pyridine rings is 1. The predicted octanol–water partition coefficient (Wildman–Crippen LogP) is 2.42. The van der Waals surface area contributed by atoms with Crippen molar-refractivity contribution in [1.82, 2.24) is 19.7 Å². The number of carbonyl (C=O) groups excluding carboxylic acids is 1. The number of morpholine rings is 1. The van der Waals surface area contributed by atoms with Crippen LogP contribution in [0.2, 0.25) is 0 Å².